The fraction of sp³-hybridized carbons (Fsp3) is 0.692. The first-order valence-corrected chi connectivity index (χ1v) is 7.46. The Kier molecular flexibility index (Phi) is 7.06. The molecule has 0 atom stereocenters. The minimum Gasteiger partial charge on any atom is -0.370 e. The SMILES string of the molecule is Cc1nc(C)c(CCN=C(N)N2CCCCC2)s1.I. The molecule has 1 aromatic rings. The highest BCUT2D eigenvalue weighted by molar-refractivity contribution is 14.0. The highest BCUT2D eigenvalue weighted by Gasteiger charge is 2.11. The molecule has 0 saturated carbocycles. The fourth-order valence-corrected chi connectivity index (χ4v) is 3.23. The second-order valence-electron chi connectivity index (χ2n) is 4.78. The van der Waals surface area contributed by atoms with Gasteiger partial charge in [0.2, 0.25) is 0 Å². The van der Waals surface area contributed by atoms with Crippen molar-refractivity contribution < 1.29 is 0 Å². The highest BCUT2D eigenvalue weighted by atomic mass is 127. The number of hydrogen-bond donors (Lipinski definition) is 1. The van der Waals surface area contributed by atoms with Crippen molar-refractivity contribution in [3.8, 4) is 0 Å². The number of rotatable bonds is 3. The first-order valence-electron chi connectivity index (χ1n) is 6.64. The number of guanidine groups is 1. The molecule has 1 aromatic heterocycles. The quantitative estimate of drug-likeness (QED) is 0.487. The van der Waals surface area contributed by atoms with Gasteiger partial charge >= 0.3 is 0 Å². The molecular weight excluding hydrogens is 371 g/mol. The van der Waals surface area contributed by atoms with Gasteiger partial charge in [0.05, 0.1) is 10.7 Å². The number of aliphatic imine (C=N–C) groups is 1. The van der Waals surface area contributed by atoms with Crippen molar-refractivity contribution in [2.45, 2.75) is 39.5 Å². The molecule has 0 bridgehead atoms. The lowest BCUT2D eigenvalue weighted by Crippen LogP contribution is -2.41. The lowest BCUT2D eigenvalue weighted by atomic mass is 10.1. The molecule has 4 nitrogen and oxygen atoms in total. The van der Waals surface area contributed by atoms with E-state index < -0.39 is 0 Å². The summed E-state index contributed by atoms with van der Waals surface area (Å²) in [4.78, 5) is 12.5. The maximum absolute atomic E-state index is 6.02. The Labute approximate surface area is 136 Å². The van der Waals surface area contributed by atoms with E-state index >= 15 is 0 Å². The lowest BCUT2D eigenvalue weighted by Gasteiger charge is -2.27. The number of likely N-dealkylation sites (tertiary alicyclic amines) is 1. The van der Waals surface area contributed by atoms with Crippen molar-refractivity contribution >= 4 is 41.3 Å². The molecule has 19 heavy (non-hydrogen) atoms. The van der Waals surface area contributed by atoms with Gasteiger partial charge in [0, 0.05) is 30.9 Å². The molecule has 1 fully saturated rings. The predicted molar refractivity (Wildman–Crippen MR) is 92.6 cm³/mol. The van der Waals surface area contributed by atoms with Crippen molar-refractivity contribution in [2.75, 3.05) is 19.6 Å². The Morgan fingerprint density at radius 1 is 1.32 bits per heavy atom. The average Bonchev–Trinajstić information content (AvgIpc) is 2.69. The van der Waals surface area contributed by atoms with Gasteiger partial charge in [-0.05, 0) is 33.1 Å². The van der Waals surface area contributed by atoms with E-state index in [1.165, 1.54) is 24.1 Å². The van der Waals surface area contributed by atoms with E-state index in [1.54, 1.807) is 11.3 Å². The minimum absolute atomic E-state index is 0. The van der Waals surface area contributed by atoms with Gasteiger partial charge in [0.15, 0.2) is 5.96 Å². The standard InChI is InChI=1S/C13H22N4S.HI/c1-10-12(18-11(2)16-10)6-7-15-13(14)17-8-4-3-5-9-17;/h3-9H2,1-2H3,(H2,14,15);1H. The van der Waals surface area contributed by atoms with Crippen LogP contribution in [0.15, 0.2) is 4.99 Å². The molecule has 6 heteroatoms. The van der Waals surface area contributed by atoms with Crippen LogP contribution in [-0.4, -0.2) is 35.5 Å². The van der Waals surface area contributed by atoms with Crippen LogP contribution in [0.1, 0.15) is 34.8 Å². The third-order valence-electron chi connectivity index (χ3n) is 3.29. The Balaban J connectivity index is 0.00000180. The van der Waals surface area contributed by atoms with Crippen molar-refractivity contribution in [3.63, 3.8) is 0 Å². The van der Waals surface area contributed by atoms with E-state index in [0.717, 1.165) is 36.8 Å². The second-order valence-corrected chi connectivity index (χ2v) is 6.07. The summed E-state index contributed by atoms with van der Waals surface area (Å²) in [5.41, 5.74) is 7.16. The summed E-state index contributed by atoms with van der Waals surface area (Å²) >= 11 is 1.77. The molecule has 0 aliphatic carbocycles. The molecular formula is C13H23IN4S. The largest absolute Gasteiger partial charge is 0.370 e. The number of piperidine rings is 1. The summed E-state index contributed by atoms with van der Waals surface area (Å²) in [6.07, 6.45) is 4.75. The Bertz CT molecular complexity index is 424. The molecule has 0 aromatic carbocycles. The molecule has 2 rings (SSSR count). The molecule has 2 N–H and O–H groups in total. The van der Waals surface area contributed by atoms with Crippen LogP contribution in [0.3, 0.4) is 0 Å². The molecule has 1 saturated heterocycles. The summed E-state index contributed by atoms with van der Waals surface area (Å²) in [7, 11) is 0. The van der Waals surface area contributed by atoms with Gasteiger partial charge in [0.1, 0.15) is 0 Å². The summed E-state index contributed by atoms with van der Waals surface area (Å²) in [6, 6.07) is 0. The average molecular weight is 394 g/mol. The Morgan fingerprint density at radius 3 is 2.58 bits per heavy atom. The predicted octanol–water partition coefficient (Wildman–Crippen LogP) is 2.72. The number of nitrogens with two attached hydrogens (primary N) is 1. The second kappa shape index (κ2) is 8.04. The number of thiazole rings is 1. The zero-order chi connectivity index (χ0) is 13.0. The smallest absolute Gasteiger partial charge is 0.191 e. The van der Waals surface area contributed by atoms with Gasteiger partial charge in [0.25, 0.3) is 0 Å². The lowest BCUT2D eigenvalue weighted by molar-refractivity contribution is 0.338. The third kappa shape index (κ3) is 4.91. The zero-order valence-electron chi connectivity index (χ0n) is 11.7. The Morgan fingerprint density at radius 2 is 2.00 bits per heavy atom. The van der Waals surface area contributed by atoms with Crippen LogP contribution in [0, 0.1) is 13.8 Å². The van der Waals surface area contributed by atoms with Gasteiger partial charge in [-0.2, -0.15) is 0 Å². The van der Waals surface area contributed by atoms with E-state index in [9.17, 15) is 0 Å². The number of aromatic nitrogens is 1. The van der Waals surface area contributed by atoms with Gasteiger partial charge < -0.3 is 10.6 Å². The van der Waals surface area contributed by atoms with Crippen LogP contribution in [0.2, 0.25) is 0 Å². The van der Waals surface area contributed by atoms with Gasteiger partial charge in [-0.1, -0.05) is 0 Å². The van der Waals surface area contributed by atoms with Crippen LogP contribution in [0.5, 0.6) is 0 Å². The van der Waals surface area contributed by atoms with Gasteiger partial charge in [-0.15, -0.1) is 35.3 Å². The van der Waals surface area contributed by atoms with Gasteiger partial charge in [-0.25, -0.2) is 4.98 Å². The Hall–Kier alpha value is -0.370. The van der Waals surface area contributed by atoms with E-state index in [0.29, 0.717) is 5.96 Å². The first kappa shape index (κ1) is 16.7. The highest BCUT2D eigenvalue weighted by Crippen LogP contribution is 2.17. The normalized spacial score (nSPS) is 16.3. The third-order valence-corrected chi connectivity index (χ3v) is 4.42. The minimum atomic E-state index is 0. The van der Waals surface area contributed by atoms with Crippen LogP contribution in [-0.2, 0) is 6.42 Å². The summed E-state index contributed by atoms with van der Waals surface area (Å²) in [5, 5.41) is 1.13. The zero-order valence-corrected chi connectivity index (χ0v) is 14.8. The molecule has 0 unspecified atom stereocenters. The van der Waals surface area contributed by atoms with E-state index in [2.05, 4.69) is 21.8 Å². The summed E-state index contributed by atoms with van der Waals surface area (Å²) < 4.78 is 0. The van der Waals surface area contributed by atoms with Crippen LogP contribution in [0.25, 0.3) is 0 Å². The van der Waals surface area contributed by atoms with Crippen molar-refractivity contribution in [3.05, 3.63) is 15.6 Å². The van der Waals surface area contributed by atoms with Crippen molar-refractivity contribution in [1.29, 1.82) is 0 Å². The molecule has 2 heterocycles. The summed E-state index contributed by atoms with van der Waals surface area (Å²) in [6.45, 7) is 7.01. The number of hydrogen-bond acceptors (Lipinski definition) is 3. The summed E-state index contributed by atoms with van der Waals surface area (Å²) in [5.74, 6) is 0.716. The van der Waals surface area contributed by atoms with E-state index in [4.69, 9.17) is 5.73 Å². The van der Waals surface area contributed by atoms with Crippen molar-refractivity contribution in [1.82, 2.24) is 9.88 Å². The van der Waals surface area contributed by atoms with E-state index in [-0.39, 0.29) is 24.0 Å². The number of halogens is 1. The first-order chi connectivity index (χ1) is 8.66. The van der Waals surface area contributed by atoms with Crippen LogP contribution < -0.4 is 5.73 Å². The molecule has 0 radical (unpaired) electrons. The molecule has 108 valence electrons. The molecule has 0 spiro atoms. The number of nitrogens with zero attached hydrogens (tertiary/aromatic N) is 3. The topological polar surface area (TPSA) is 54.5 Å². The monoisotopic (exact) mass is 394 g/mol. The molecule has 1 aliphatic heterocycles. The molecule has 1 aliphatic rings. The van der Waals surface area contributed by atoms with E-state index in [1.807, 2.05) is 6.92 Å². The van der Waals surface area contributed by atoms with Gasteiger partial charge in [-0.3, -0.25) is 4.99 Å². The van der Waals surface area contributed by atoms with Crippen molar-refractivity contribution in [2.24, 2.45) is 10.7 Å². The maximum atomic E-state index is 6.02. The van der Waals surface area contributed by atoms with Crippen LogP contribution >= 0.6 is 35.3 Å². The fourth-order valence-electron chi connectivity index (χ4n) is 2.30. The molecule has 0 amide bonds. The van der Waals surface area contributed by atoms with Crippen LogP contribution in [0.4, 0.5) is 0 Å². The number of aryl methyl sites for hydroxylation is 2. The maximum Gasteiger partial charge on any atom is 0.191 e.